The van der Waals surface area contributed by atoms with Crippen LogP contribution in [0, 0.1) is 5.92 Å². The highest BCUT2D eigenvalue weighted by atomic mass is 16.5. The lowest BCUT2D eigenvalue weighted by atomic mass is 9.95. The molecule has 0 atom stereocenters. The van der Waals surface area contributed by atoms with Gasteiger partial charge in [0.2, 0.25) is 0 Å². The minimum atomic E-state index is -0.929. The predicted molar refractivity (Wildman–Crippen MR) is 82.0 cm³/mol. The summed E-state index contributed by atoms with van der Waals surface area (Å²) in [7, 11) is 0. The van der Waals surface area contributed by atoms with Crippen molar-refractivity contribution in [3.8, 4) is 0 Å². The first-order valence-corrected chi connectivity index (χ1v) is 7.65. The van der Waals surface area contributed by atoms with Gasteiger partial charge in [0.1, 0.15) is 11.4 Å². The molecule has 2 N–H and O–H groups in total. The van der Waals surface area contributed by atoms with Gasteiger partial charge in [-0.25, -0.2) is 9.78 Å². The molecule has 2 rings (SSSR count). The SMILES string of the molecule is CC(C)COCCNc1nc2c(cc1C(=O)O)CCCC2. The Balaban J connectivity index is 2.01. The number of hydrogen-bond donors (Lipinski definition) is 2. The van der Waals surface area contributed by atoms with Crippen LogP contribution in [0.4, 0.5) is 5.82 Å². The Morgan fingerprint density at radius 3 is 2.90 bits per heavy atom. The van der Waals surface area contributed by atoms with Gasteiger partial charge < -0.3 is 15.2 Å². The van der Waals surface area contributed by atoms with E-state index in [-0.39, 0.29) is 5.56 Å². The molecule has 1 aromatic heterocycles. The molecular formula is C16H24N2O3. The maximum Gasteiger partial charge on any atom is 0.339 e. The predicted octanol–water partition coefficient (Wildman–Crippen LogP) is 2.74. The maximum absolute atomic E-state index is 11.4. The van der Waals surface area contributed by atoms with E-state index in [4.69, 9.17) is 4.74 Å². The molecule has 0 fully saturated rings. The topological polar surface area (TPSA) is 71.5 Å². The van der Waals surface area contributed by atoms with Gasteiger partial charge in [0.15, 0.2) is 0 Å². The van der Waals surface area contributed by atoms with E-state index in [9.17, 15) is 9.90 Å². The first-order valence-electron chi connectivity index (χ1n) is 7.65. The molecule has 0 aromatic carbocycles. The normalized spacial score (nSPS) is 14.0. The second kappa shape index (κ2) is 7.41. The lowest BCUT2D eigenvalue weighted by molar-refractivity contribution is 0.0697. The number of aromatic carboxylic acids is 1. The molecule has 21 heavy (non-hydrogen) atoms. The average Bonchev–Trinajstić information content (AvgIpc) is 2.45. The van der Waals surface area contributed by atoms with E-state index >= 15 is 0 Å². The van der Waals surface area contributed by atoms with Gasteiger partial charge in [0, 0.05) is 18.8 Å². The quantitative estimate of drug-likeness (QED) is 0.756. The lowest BCUT2D eigenvalue weighted by Crippen LogP contribution is -2.17. The van der Waals surface area contributed by atoms with Crippen LogP contribution < -0.4 is 5.32 Å². The Bertz CT molecular complexity index is 501. The van der Waals surface area contributed by atoms with Crippen molar-refractivity contribution >= 4 is 11.8 Å². The number of aryl methyl sites for hydroxylation is 2. The summed E-state index contributed by atoms with van der Waals surface area (Å²) >= 11 is 0. The van der Waals surface area contributed by atoms with Crippen LogP contribution in [0.2, 0.25) is 0 Å². The van der Waals surface area contributed by atoms with E-state index in [1.165, 1.54) is 0 Å². The lowest BCUT2D eigenvalue weighted by Gasteiger charge is -2.18. The first-order chi connectivity index (χ1) is 10.1. The summed E-state index contributed by atoms with van der Waals surface area (Å²) in [5.41, 5.74) is 2.39. The molecule has 1 heterocycles. The van der Waals surface area contributed by atoms with Gasteiger partial charge in [-0.3, -0.25) is 0 Å². The molecule has 5 nitrogen and oxygen atoms in total. The molecule has 0 unspecified atom stereocenters. The summed E-state index contributed by atoms with van der Waals surface area (Å²) in [5.74, 6) is 0.0409. The summed E-state index contributed by atoms with van der Waals surface area (Å²) in [5, 5.41) is 12.4. The molecule has 1 aromatic rings. The number of fused-ring (bicyclic) bond motifs is 1. The molecular weight excluding hydrogens is 268 g/mol. The molecule has 0 amide bonds. The minimum absolute atomic E-state index is 0.263. The molecule has 116 valence electrons. The van der Waals surface area contributed by atoms with Crippen molar-refractivity contribution in [3.05, 3.63) is 22.9 Å². The van der Waals surface area contributed by atoms with Gasteiger partial charge in [-0.2, -0.15) is 0 Å². The van der Waals surface area contributed by atoms with Gasteiger partial charge in [-0.15, -0.1) is 0 Å². The van der Waals surface area contributed by atoms with E-state index in [1.807, 2.05) is 0 Å². The number of aromatic nitrogens is 1. The van der Waals surface area contributed by atoms with E-state index in [0.717, 1.165) is 36.9 Å². The van der Waals surface area contributed by atoms with Crippen LogP contribution in [-0.4, -0.2) is 35.8 Å². The van der Waals surface area contributed by atoms with Crippen LogP contribution >= 0.6 is 0 Å². The van der Waals surface area contributed by atoms with Crippen molar-refractivity contribution in [2.24, 2.45) is 5.92 Å². The van der Waals surface area contributed by atoms with Gasteiger partial charge in [0.05, 0.1) is 6.61 Å². The van der Waals surface area contributed by atoms with Gasteiger partial charge >= 0.3 is 5.97 Å². The van der Waals surface area contributed by atoms with E-state index < -0.39 is 5.97 Å². The third kappa shape index (κ3) is 4.43. The summed E-state index contributed by atoms with van der Waals surface area (Å²) < 4.78 is 5.49. The second-order valence-electron chi connectivity index (χ2n) is 5.90. The zero-order chi connectivity index (χ0) is 15.2. The fourth-order valence-electron chi connectivity index (χ4n) is 2.49. The monoisotopic (exact) mass is 292 g/mol. The van der Waals surface area contributed by atoms with Crippen LogP contribution in [0.1, 0.15) is 48.3 Å². The van der Waals surface area contributed by atoms with E-state index in [2.05, 4.69) is 24.1 Å². The molecule has 1 aliphatic rings. The third-order valence-electron chi connectivity index (χ3n) is 3.52. The largest absolute Gasteiger partial charge is 0.478 e. The average molecular weight is 292 g/mol. The van der Waals surface area contributed by atoms with Crippen molar-refractivity contribution in [2.75, 3.05) is 25.1 Å². The van der Waals surface area contributed by atoms with Crippen molar-refractivity contribution in [2.45, 2.75) is 39.5 Å². The van der Waals surface area contributed by atoms with Crippen LogP contribution in [0.15, 0.2) is 6.07 Å². The Hall–Kier alpha value is -1.62. The smallest absolute Gasteiger partial charge is 0.339 e. The molecule has 1 aliphatic carbocycles. The number of ether oxygens (including phenoxy) is 1. The molecule has 0 saturated heterocycles. The van der Waals surface area contributed by atoms with E-state index in [0.29, 0.717) is 31.5 Å². The molecule has 0 bridgehead atoms. The highest BCUT2D eigenvalue weighted by Gasteiger charge is 2.18. The fourth-order valence-corrected chi connectivity index (χ4v) is 2.49. The number of anilines is 1. The second-order valence-corrected chi connectivity index (χ2v) is 5.90. The van der Waals surface area contributed by atoms with Crippen LogP contribution in [-0.2, 0) is 17.6 Å². The maximum atomic E-state index is 11.4. The number of carbonyl (C=O) groups is 1. The van der Waals surface area contributed by atoms with Gasteiger partial charge in [-0.1, -0.05) is 13.8 Å². The summed E-state index contributed by atoms with van der Waals surface area (Å²) in [6, 6.07) is 1.78. The van der Waals surface area contributed by atoms with Crippen LogP contribution in [0.5, 0.6) is 0 Å². The standard InChI is InChI=1S/C16H24N2O3/c1-11(2)10-21-8-7-17-15-13(16(19)20)9-12-5-3-4-6-14(12)18-15/h9,11H,3-8,10H2,1-2H3,(H,17,18)(H,19,20). The number of rotatable bonds is 7. The Kier molecular flexibility index (Phi) is 5.56. The Morgan fingerprint density at radius 1 is 1.43 bits per heavy atom. The number of nitrogens with one attached hydrogen (secondary N) is 1. The summed E-state index contributed by atoms with van der Waals surface area (Å²) in [4.78, 5) is 15.9. The van der Waals surface area contributed by atoms with Crippen molar-refractivity contribution < 1.29 is 14.6 Å². The zero-order valence-electron chi connectivity index (χ0n) is 12.8. The molecule has 5 heteroatoms. The number of pyridine rings is 1. The van der Waals surface area contributed by atoms with Gasteiger partial charge in [-0.05, 0) is 43.2 Å². The van der Waals surface area contributed by atoms with Gasteiger partial charge in [0.25, 0.3) is 0 Å². The highest BCUT2D eigenvalue weighted by Crippen LogP contribution is 2.24. The fraction of sp³-hybridized carbons (Fsp3) is 0.625. The summed E-state index contributed by atoms with van der Waals surface area (Å²) in [6.45, 7) is 6.03. The third-order valence-corrected chi connectivity index (χ3v) is 3.52. The summed E-state index contributed by atoms with van der Waals surface area (Å²) in [6.07, 6.45) is 4.11. The zero-order valence-corrected chi connectivity index (χ0v) is 12.8. The molecule has 0 radical (unpaired) electrons. The molecule has 0 spiro atoms. The number of carboxylic acid groups (broad SMARTS) is 1. The van der Waals surface area contributed by atoms with E-state index in [1.54, 1.807) is 6.07 Å². The molecule has 0 saturated carbocycles. The van der Waals surface area contributed by atoms with Crippen LogP contribution in [0.3, 0.4) is 0 Å². The number of hydrogen-bond acceptors (Lipinski definition) is 4. The Morgan fingerprint density at radius 2 is 2.19 bits per heavy atom. The highest BCUT2D eigenvalue weighted by molar-refractivity contribution is 5.93. The van der Waals surface area contributed by atoms with Crippen LogP contribution in [0.25, 0.3) is 0 Å². The van der Waals surface area contributed by atoms with Crippen molar-refractivity contribution in [1.29, 1.82) is 0 Å². The number of nitrogens with zero attached hydrogens (tertiary/aromatic N) is 1. The number of carboxylic acids is 1. The Labute approximate surface area is 125 Å². The molecule has 0 aliphatic heterocycles. The minimum Gasteiger partial charge on any atom is -0.478 e. The van der Waals surface area contributed by atoms with Crippen molar-refractivity contribution in [1.82, 2.24) is 4.98 Å². The first kappa shape index (κ1) is 15.8. The van der Waals surface area contributed by atoms with Crippen molar-refractivity contribution in [3.63, 3.8) is 0 Å².